The summed E-state index contributed by atoms with van der Waals surface area (Å²) in [6.45, 7) is 3.30. The average molecular weight is 262 g/mol. The molecule has 2 saturated carbocycles. The summed E-state index contributed by atoms with van der Waals surface area (Å²) < 4.78 is 7.35. The molecular formula is C15H22N2O2. The van der Waals surface area contributed by atoms with E-state index in [9.17, 15) is 4.79 Å². The van der Waals surface area contributed by atoms with Gasteiger partial charge in [-0.25, -0.2) is 4.79 Å². The number of aryl methyl sites for hydroxylation is 1. The first kappa shape index (κ1) is 12.6. The number of rotatable bonds is 4. The van der Waals surface area contributed by atoms with E-state index in [4.69, 9.17) is 10.5 Å². The Labute approximate surface area is 113 Å². The predicted octanol–water partition coefficient (Wildman–Crippen LogP) is 2.68. The second-order valence-electron chi connectivity index (χ2n) is 5.98. The van der Waals surface area contributed by atoms with E-state index in [1.807, 2.05) is 11.5 Å². The molecular weight excluding hydrogens is 240 g/mol. The van der Waals surface area contributed by atoms with E-state index in [1.54, 1.807) is 12.3 Å². The number of carbonyl (C=O) groups is 1. The van der Waals surface area contributed by atoms with Gasteiger partial charge in [0.1, 0.15) is 5.69 Å². The average Bonchev–Trinajstić information content (AvgIpc) is 3.09. The zero-order valence-electron chi connectivity index (χ0n) is 11.5. The Bertz CT molecular complexity index is 480. The highest BCUT2D eigenvalue weighted by Gasteiger charge is 2.39. The number of carbonyl (C=O) groups excluding carboxylic acids is 1. The molecule has 0 radical (unpaired) electrons. The fourth-order valence-corrected chi connectivity index (χ4v) is 3.80. The molecule has 104 valence electrons. The first-order valence-corrected chi connectivity index (χ1v) is 7.30. The Morgan fingerprint density at radius 2 is 2.32 bits per heavy atom. The number of esters is 1. The van der Waals surface area contributed by atoms with Gasteiger partial charge in [-0.05, 0) is 50.0 Å². The summed E-state index contributed by atoms with van der Waals surface area (Å²) in [5, 5.41) is 0. The van der Waals surface area contributed by atoms with Crippen LogP contribution in [0.1, 0.15) is 43.1 Å². The normalized spacial score (nSPS) is 28.8. The summed E-state index contributed by atoms with van der Waals surface area (Å²) >= 11 is 0. The molecule has 1 aromatic rings. The largest absolute Gasteiger partial charge is 0.461 e. The van der Waals surface area contributed by atoms with Gasteiger partial charge in [0.2, 0.25) is 0 Å². The Morgan fingerprint density at radius 3 is 2.95 bits per heavy atom. The van der Waals surface area contributed by atoms with Crippen LogP contribution >= 0.6 is 0 Å². The molecule has 3 unspecified atom stereocenters. The van der Waals surface area contributed by atoms with Gasteiger partial charge in [-0.1, -0.05) is 6.42 Å². The van der Waals surface area contributed by atoms with Crippen LogP contribution in [0.3, 0.4) is 0 Å². The number of nitrogens with zero attached hydrogens (tertiary/aromatic N) is 1. The molecule has 2 N–H and O–H groups in total. The van der Waals surface area contributed by atoms with Crippen molar-refractivity contribution in [3.05, 3.63) is 18.0 Å². The number of fused-ring (bicyclic) bond motifs is 2. The summed E-state index contributed by atoms with van der Waals surface area (Å²) in [5.74, 6) is 2.04. The molecule has 0 aromatic carbocycles. The minimum absolute atomic E-state index is 0.235. The summed E-state index contributed by atoms with van der Waals surface area (Å²) in [6, 6.07) is 1.70. The van der Waals surface area contributed by atoms with E-state index in [1.165, 1.54) is 25.7 Å². The fraction of sp³-hybridized carbons (Fsp3) is 0.667. The highest BCUT2D eigenvalue weighted by atomic mass is 16.5. The second kappa shape index (κ2) is 4.91. The standard InChI is InChI=1S/C15H22N2O2/c1-2-17-8-13(16)7-14(17)15(18)19-9-12-6-10-3-4-11(12)5-10/h7-8,10-12H,2-6,9,16H2,1H3. The van der Waals surface area contributed by atoms with Gasteiger partial charge in [-0.15, -0.1) is 0 Å². The second-order valence-corrected chi connectivity index (χ2v) is 5.98. The number of nitrogen functional groups attached to an aromatic ring is 1. The summed E-state index contributed by atoms with van der Waals surface area (Å²) in [7, 11) is 0. The first-order valence-electron chi connectivity index (χ1n) is 7.30. The molecule has 0 saturated heterocycles. The number of ether oxygens (including phenoxy) is 1. The van der Waals surface area contributed by atoms with Crippen LogP contribution < -0.4 is 5.73 Å². The maximum Gasteiger partial charge on any atom is 0.355 e. The lowest BCUT2D eigenvalue weighted by Crippen LogP contribution is -2.20. The highest BCUT2D eigenvalue weighted by Crippen LogP contribution is 2.48. The third kappa shape index (κ3) is 2.36. The molecule has 2 aliphatic rings. The van der Waals surface area contributed by atoms with Gasteiger partial charge in [0, 0.05) is 12.7 Å². The van der Waals surface area contributed by atoms with Crippen molar-refractivity contribution in [2.45, 2.75) is 39.2 Å². The molecule has 0 amide bonds. The first-order chi connectivity index (χ1) is 9.17. The van der Waals surface area contributed by atoms with Crippen molar-refractivity contribution in [2.75, 3.05) is 12.3 Å². The molecule has 2 fully saturated rings. The minimum atomic E-state index is -0.235. The lowest BCUT2D eigenvalue weighted by atomic mass is 9.90. The van der Waals surface area contributed by atoms with Crippen molar-refractivity contribution in [3.8, 4) is 0 Å². The van der Waals surface area contributed by atoms with Gasteiger partial charge >= 0.3 is 5.97 Å². The molecule has 3 rings (SSSR count). The molecule has 0 aliphatic heterocycles. The van der Waals surface area contributed by atoms with Crippen molar-refractivity contribution < 1.29 is 9.53 Å². The molecule has 4 heteroatoms. The Hall–Kier alpha value is -1.45. The molecule has 19 heavy (non-hydrogen) atoms. The van der Waals surface area contributed by atoms with Gasteiger partial charge in [0.25, 0.3) is 0 Å². The maximum atomic E-state index is 12.1. The maximum absolute atomic E-state index is 12.1. The van der Waals surface area contributed by atoms with Crippen molar-refractivity contribution in [3.63, 3.8) is 0 Å². The van der Waals surface area contributed by atoms with Crippen molar-refractivity contribution in [1.29, 1.82) is 0 Å². The zero-order chi connectivity index (χ0) is 13.4. The van der Waals surface area contributed by atoms with E-state index < -0.39 is 0 Å². The molecule has 2 bridgehead atoms. The van der Waals surface area contributed by atoms with E-state index in [0.29, 0.717) is 23.9 Å². The van der Waals surface area contributed by atoms with Crippen LogP contribution in [0.2, 0.25) is 0 Å². The van der Waals surface area contributed by atoms with E-state index in [-0.39, 0.29) is 5.97 Å². The summed E-state index contributed by atoms with van der Waals surface area (Å²) in [4.78, 5) is 12.1. The Morgan fingerprint density at radius 1 is 1.47 bits per heavy atom. The van der Waals surface area contributed by atoms with Crippen molar-refractivity contribution in [2.24, 2.45) is 17.8 Å². The van der Waals surface area contributed by atoms with Crippen LogP contribution in [0, 0.1) is 17.8 Å². The van der Waals surface area contributed by atoms with Crippen molar-refractivity contribution in [1.82, 2.24) is 4.57 Å². The van der Waals surface area contributed by atoms with Gasteiger partial charge in [-0.2, -0.15) is 0 Å². The molecule has 1 aromatic heterocycles. The summed E-state index contributed by atoms with van der Waals surface area (Å²) in [5.41, 5.74) is 6.92. The minimum Gasteiger partial charge on any atom is -0.461 e. The van der Waals surface area contributed by atoms with Crippen LogP contribution in [-0.2, 0) is 11.3 Å². The van der Waals surface area contributed by atoms with Crippen LogP contribution in [0.4, 0.5) is 5.69 Å². The van der Waals surface area contributed by atoms with Gasteiger partial charge in [0.05, 0.1) is 12.3 Å². The van der Waals surface area contributed by atoms with Crippen LogP contribution in [0.5, 0.6) is 0 Å². The number of nitrogens with two attached hydrogens (primary N) is 1. The Balaban J connectivity index is 1.59. The van der Waals surface area contributed by atoms with Crippen LogP contribution in [0.15, 0.2) is 12.3 Å². The van der Waals surface area contributed by atoms with Gasteiger partial charge < -0.3 is 15.0 Å². The lowest BCUT2D eigenvalue weighted by Gasteiger charge is -2.21. The molecule has 2 aliphatic carbocycles. The monoisotopic (exact) mass is 262 g/mol. The zero-order valence-corrected chi connectivity index (χ0v) is 11.5. The topological polar surface area (TPSA) is 57.2 Å². The summed E-state index contributed by atoms with van der Waals surface area (Å²) in [6.07, 6.45) is 7.08. The molecule has 1 heterocycles. The van der Waals surface area contributed by atoms with E-state index in [0.717, 1.165) is 18.4 Å². The predicted molar refractivity (Wildman–Crippen MR) is 73.7 cm³/mol. The molecule has 0 spiro atoms. The quantitative estimate of drug-likeness (QED) is 0.849. The van der Waals surface area contributed by atoms with Crippen LogP contribution in [-0.4, -0.2) is 17.1 Å². The van der Waals surface area contributed by atoms with Gasteiger partial charge in [-0.3, -0.25) is 0 Å². The number of anilines is 1. The molecule has 4 nitrogen and oxygen atoms in total. The highest BCUT2D eigenvalue weighted by molar-refractivity contribution is 5.89. The van der Waals surface area contributed by atoms with Crippen LogP contribution in [0.25, 0.3) is 0 Å². The number of hydrogen-bond donors (Lipinski definition) is 1. The molecule has 3 atom stereocenters. The number of hydrogen-bond acceptors (Lipinski definition) is 3. The van der Waals surface area contributed by atoms with Gasteiger partial charge in [0.15, 0.2) is 0 Å². The lowest BCUT2D eigenvalue weighted by molar-refractivity contribution is 0.0382. The Kier molecular flexibility index (Phi) is 3.25. The number of aromatic nitrogens is 1. The third-order valence-electron chi connectivity index (χ3n) is 4.78. The van der Waals surface area contributed by atoms with Crippen molar-refractivity contribution >= 4 is 11.7 Å². The van der Waals surface area contributed by atoms with E-state index >= 15 is 0 Å². The smallest absolute Gasteiger partial charge is 0.355 e. The third-order valence-corrected chi connectivity index (χ3v) is 4.78. The fourth-order valence-electron chi connectivity index (χ4n) is 3.80. The SMILES string of the molecule is CCn1cc(N)cc1C(=O)OCC1CC2CCC1C2. The van der Waals surface area contributed by atoms with E-state index in [2.05, 4.69) is 0 Å².